The fourth-order valence-electron chi connectivity index (χ4n) is 2.05. The van der Waals surface area contributed by atoms with Crippen molar-refractivity contribution in [1.82, 2.24) is 15.1 Å². The fourth-order valence-corrected chi connectivity index (χ4v) is 2.05. The minimum atomic E-state index is -1.02. The van der Waals surface area contributed by atoms with Crippen molar-refractivity contribution in [3.8, 4) is 0 Å². The number of carboxylic acid groups (broad SMARTS) is 1. The molecule has 6 heteroatoms. The average Bonchev–Trinajstić information content (AvgIpc) is 2.70. The van der Waals surface area contributed by atoms with Gasteiger partial charge in [-0.25, -0.2) is 4.79 Å². The average molecular weight is 237 g/mol. The van der Waals surface area contributed by atoms with Gasteiger partial charge in [0.25, 0.3) is 0 Å². The van der Waals surface area contributed by atoms with Crippen LogP contribution >= 0.6 is 0 Å². The van der Waals surface area contributed by atoms with E-state index in [1.54, 1.807) is 4.90 Å². The van der Waals surface area contributed by atoms with Gasteiger partial charge in [-0.05, 0) is 6.42 Å². The van der Waals surface area contributed by atoms with Gasteiger partial charge in [0.2, 0.25) is 5.91 Å². The van der Waals surface area contributed by atoms with E-state index in [9.17, 15) is 9.59 Å². The summed E-state index contributed by atoms with van der Waals surface area (Å²) in [4.78, 5) is 24.5. The third-order valence-electron chi connectivity index (χ3n) is 2.94. The van der Waals surface area contributed by atoms with Gasteiger partial charge < -0.3 is 10.0 Å². The molecule has 0 aliphatic carbocycles. The van der Waals surface area contributed by atoms with E-state index in [-0.39, 0.29) is 17.5 Å². The summed E-state index contributed by atoms with van der Waals surface area (Å²) in [6, 6.07) is 0. The predicted molar refractivity (Wildman–Crippen MR) is 59.5 cm³/mol. The molecule has 1 aliphatic heterocycles. The first-order valence-electron chi connectivity index (χ1n) is 5.59. The van der Waals surface area contributed by atoms with Gasteiger partial charge >= 0.3 is 5.97 Å². The lowest BCUT2D eigenvalue weighted by molar-refractivity contribution is -0.135. The van der Waals surface area contributed by atoms with E-state index in [4.69, 9.17) is 5.11 Å². The largest absolute Gasteiger partial charge is 0.476 e. The minimum Gasteiger partial charge on any atom is -0.476 e. The lowest BCUT2D eigenvalue weighted by Crippen LogP contribution is -2.38. The summed E-state index contributed by atoms with van der Waals surface area (Å²) in [5.41, 5.74) is 1.55. The normalized spacial score (nSPS) is 14.9. The number of H-pyrrole nitrogens is 1. The molecule has 0 radical (unpaired) electrons. The Morgan fingerprint density at radius 1 is 1.47 bits per heavy atom. The first-order chi connectivity index (χ1) is 8.00. The quantitative estimate of drug-likeness (QED) is 0.790. The Bertz CT molecular complexity index is 465. The van der Waals surface area contributed by atoms with Gasteiger partial charge in [-0.2, -0.15) is 5.10 Å². The van der Waals surface area contributed by atoms with Crippen LogP contribution in [-0.4, -0.2) is 38.6 Å². The van der Waals surface area contributed by atoms with Crippen LogP contribution < -0.4 is 0 Å². The molecule has 0 bridgehead atoms. The van der Waals surface area contributed by atoms with E-state index in [2.05, 4.69) is 10.2 Å². The van der Waals surface area contributed by atoms with Crippen LogP contribution in [0.4, 0.5) is 0 Å². The Balaban J connectivity index is 2.21. The second kappa shape index (κ2) is 4.20. The van der Waals surface area contributed by atoms with Crippen molar-refractivity contribution in [3.05, 3.63) is 17.0 Å². The van der Waals surface area contributed by atoms with Crippen LogP contribution in [0.15, 0.2) is 0 Å². The van der Waals surface area contributed by atoms with Gasteiger partial charge in [0.05, 0.1) is 12.2 Å². The van der Waals surface area contributed by atoms with E-state index in [0.717, 1.165) is 11.3 Å². The number of carboxylic acids is 1. The van der Waals surface area contributed by atoms with Gasteiger partial charge in [-0.15, -0.1) is 0 Å². The van der Waals surface area contributed by atoms with Crippen LogP contribution in [0.5, 0.6) is 0 Å². The van der Waals surface area contributed by atoms with E-state index in [0.29, 0.717) is 19.5 Å². The van der Waals surface area contributed by atoms with Crippen LogP contribution in [0.2, 0.25) is 0 Å². The number of amides is 1. The monoisotopic (exact) mass is 237 g/mol. The van der Waals surface area contributed by atoms with E-state index in [1.165, 1.54) is 0 Å². The van der Waals surface area contributed by atoms with Crippen LogP contribution in [0, 0.1) is 5.92 Å². The van der Waals surface area contributed by atoms with Crippen molar-refractivity contribution >= 4 is 11.9 Å². The standard InChI is InChI=1S/C11H15N3O3/c1-6(2)10(15)14-4-3-7-8(5-14)12-13-9(7)11(16)17/h6H,3-5H2,1-2H3,(H,12,13)(H,16,17). The molecule has 2 N–H and O–H groups in total. The Hall–Kier alpha value is -1.85. The van der Waals surface area contributed by atoms with Gasteiger partial charge in [0, 0.05) is 18.0 Å². The number of hydrogen-bond acceptors (Lipinski definition) is 3. The molecule has 17 heavy (non-hydrogen) atoms. The van der Waals surface area contributed by atoms with Crippen molar-refractivity contribution in [3.63, 3.8) is 0 Å². The number of aromatic carboxylic acids is 1. The molecule has 2 rings (SSSR count). The molecule has 0 aromatic carbocycles. The van der Waals surface area contributed by atoms with Crippen LogP contribution in [0.3, 0.4) is 0 Å². The van der Waals surface area contributed by atoms with E-state index < -0.39 is 5.97 Å². The number of hydrogen-bond donors (Lipinski definition) is 2. The molecular formula is C11H15N3O3. The van der Waals surface area contributed by atoms with Gasteiger partial charge in [-0.1, -0.05) is 13.8 Å². The number of fused-ring (bicyclic) bond motifs is 1. The smallest absolute Gasteiger partial charge is 0.356 e. The maximum Gasteiger partial charge on any atom is 0.356 e. The maximum absolute atomic E-state index is 11.8. The number of nitrogens with zero attached hydrogens (tertiary/aromatic N) is 2. The van der Waals surface area contributed by atoms with Gasteiger partial charge in [0.15, 0.2) is 5.69 Å². The van der Waals surface area contributed by atoms with E-state index >= 15 is 0 Å². The third-order valence-corrected chi connectivity index (χ3v) is 2.94. The summed E-state index contributed by atoms with van der Waals surface area (Å²) in [7, 11) is 0. The summed E-state index contributed by atoms with van der Waals surface area (Å²) >= 11 is 0. The van der Waals surface area contributed by atoms with Crippen LogP contribution in [0.1, 0.15) is 35.6 Å². The summed E-state index contributed by atoms with van der Waals surface area (Å²) in [5, 5.41) is 15.4. The Kier molecular flexibility index (Phi) is 2.87. The first-order valence-corrected chi connectivity index (χ1v) is 5.59. The molecule has 1 aliphatic rings. The Morgan fingerprint density at radius 2 is 2.18 bits per heavy atom. The van der Waals surface area contributed by atoms with Crippen molar-refractivity contribution < 1.29 is 14.7 Å². The highest BCUT2D eigenvalue weighted by Crippen LogP contribution is 2.21. The van der Waals surface area contributed by atoms with Gasteiger partial charge in [0.1, 0.15) is 0 Å². The van der Waals surface area contributed by atoms with Crippen molar-refractivity contribution in [2.75, 3.05) is 6.54 Å². The van der Waals surface area contributed by atoms with Crippen LogP contribution in [0.25, 0.3) is 0 Å². The zero-order valence-electron chi connectivity index (χ0n) is 9.86. The lowest BCUT2D eigenvalue weighted by atomic mass is 10.0. The van der Waals surface area contributed by atoms with E-state index in [1.807, 2.05) is 13.8 Å². The molecule has 1 aromatic heterocycles. The summed E-state index contributed by atoms with van der Waals surface area (Å²) < 4.78 is 0. The summed E-state index contributed by atoms with van der Waals surface area (Å²) in [6.45, 7) is 4.69. The fraction of sp³-hybridized carbons (Fsp3) is 0.545. The molecule has 0 fully saturated rings. The zero-order valence-corrected chi connectivity index (χ0v) is 9.86. The molecule has 0 saturated carbocycles. The van der Waals surface area contributed by atoms with Crippen molar-refractivity contribution in [2.24, 2.45) is 5.92 Å². The third kappa shape index (κ3) is 2.02. The number of aromatic nitrogens is 2. The number of rotatable bonds is 2. The van der Waals surface area contributed by atoms with Gasteiger partial charge in [-0.3, -0.25) is 9.89 Å². The Labute approximate surface area is 98.6 Å². The highest BCUT2D eigenvalue weighted by atomic mass is 16.4. The van der Waals surface area contributed by atoms with Crippen molar-refractivity contribution in [2.45, 2.75) is 26.8 Å². The second-order valence-corrected chi connectivity index (χ2v) is 4.50. The molecule has 0 spiro atoms. The predicted octanol–water partition coefficient (Wildman–Crippen LogP) is 0.649. The SMILES string of the molecule is CC(C)C(=O)N1CCc2c(C(=O)O)n[nH]c2C1. The highest BCUT2D eigenvalue weighted by molar-refractivity contribution is 5.87. The minimum absolute atomic E-state index is 0.0431. The molecule has 92 valence electrons. The highest BCUT2D eigenvalue weighted by Gasteiger charge is 2.27. The number of carbonyl (C=O) groups excluding carboxylic acids is 1. The van der Waals surface area contributed by atoms with Crippen molar-refractivity contribution in [1.29, 1.82) is 0 Å². The molecule has 2 heterocycles. The summed E-state index contributed by atoms with van der Waals surface area (Å²) in [6.07, 6.45) is 0.548. The Morgan fingerprint density at radius 3 is 2.76 bits per heavy atom. The maximum atomic E-state index is 11.8. The molecule has 0 atom stereocenters. The zero-order chi connectivity index (χ0) is 12.6. The molecule has 1 aromatic rings. The molecule has 6 nitrogen and oxygen atoms in total. The lowest BCUT2D eigenvalue weighted by Gasteiger charge is -2.28. The first kappa shape index (κ1) is 11.6. The molecule has 1 amide bonds. The second-order valence-electron chi connectivity index (χ2n) is 4.50. The summed E-state index contributed by atoms with van der Waals surface area (Å²) in [5.74, 6) is -0.980. The number of carbonyl (C=O) groups is 2. The molecule has 0 unspecified atom stereocenters. The topological polar surface area (TPSA) is 86.3 Å². The molecule has 0 saturated heterocycles. The molecular weight excluding hydrogens is 222 g/mol. The number of aromatic amines is 1. The van der Waals surface area contributed by atoms with Crippen LogP contribution in [-0.2, 0) is 17.8 Å². The number of nitrogens with one attached hydrogen (secondary N) is 1.